The van der Waals surface area contributed by atoms with Crippen LogP contribution in [0.2, 0.25) is 0 Å². The molecule has 0 aliphatic rings. The van der Waals surface area contributed by atoms with Crippen LogP contribution in [0.4, 0.5) is 0 Å². The molecular weight excluding hydrogens is 304 g/mol. The lowest BCUT2D eigenvalue weighted by Crippen LogP contribution is -2.15. The van der Waals surface area contributed by atoms with Gasteiger partial charge in [0, 0.05) is 12.0 Å². The van der Waals surface area contributed by atoms with E-state index in [0.29, 0.717) is 11.3 Å². The molecule has 6 heteroatoms. The van der Waals surface area contributed by atoms with E-state index in [9.17, 15) is 14.7 Å². The fraction of sp³-hybridized carbons (Fsp3) is 0.333. The normalized spacial score (nSPS) is 11.9. The van der Waals surface area contributed by atoms with Gasteiger partial charge < -0.3 is 14.9 Å². The summed E-state index contributed by atoms with van der Waals surface area (Å²) in [4.78, 5) is 22.3. The van der Waals surface area contributed by atoms with Gasteiger partial charge in [0.05, 0.1) is 12.4 Å². The zero-order chi connectivity index (χ0) is 13.7. The number of Topliss-reactive ketones (excluding diaryl/α,β-unsaturated/α-hetero) is 1. The molecule has 0 saturated heterocycles. The van der Waals surface area contributed by atoms with Gasteiger partial charge in [-0.3, -0.25) is 4.79 Å². The number of ether oxygens (including phenoxy) is 1. The average Bonchev–Trinajstić information content (AvgIpc) is 2.37. The monoisotopic (exact) mass is 316 g/mol. The molecule has 5 nitrogen and oxygen atoms in total. The van der Waals surface area contributed by atoms with Gasteiger partial charge in [-0.2, -0.15) is 0 Å². The number of aliphatic carboxylic acids is 1. The number of alkyl halides is 1. The molecule has 0 aromatic heterocycles. The molecule has 1 rings (SSSR count). The number of hydrogen-bond acceptors (Lipinski definition) is 4. The Balaban J connectivity index is 3.24. The number of carboxylic acid groups (broad SMARTS) is 1. The van der Waals surface area contributed by atoms with E-state index < -0.39 is 12.1 Å². The molecule has 0 radical (unpaired) electrons. The molecule has 1 aromatic rings. The number of carboxylic acids is 1. The van der Waals surface area contributed by atoms with Gasteiger partial charge in [-0.15, -0.1) is 0 Å². The van der Waals surface area contributed by atoms with Crippen LogP contribution in [0.5, 0.6) is 5.75 Å². The van der Waals surface area contributed by atoms with Gasteiger partial charge in [0.1, 0.15) is 11.5 Å². The van der Waals surface area contributed by atoms with Gasteiger partial charge in [0.25, 0.3) is 0 Å². The van der Waals surface area contributed by atoms with E-state index in [1.807, 2.05) is 0 Å². The van der Waals surface area contributed by atoms with Crippen LogP contribution in [0.15, 0.2) is 18.2 Å². The van der Waals surface area contributed by atoms with Crippen LogP contribution in [0, 0.1) is 0 Å². The molecule has 0 amide bonds. The maximum Gasteiger partial charge on any atom is 0.337 e. The van der Waals surface area contributed by atoms with Crippen molar-refractivity contribution in [3.05, 3.63) is 29.3 Å². The highest BCUT2D eigenvalue weighted by Crippen LogP contribution is 2.28. The Morgan fingerprint density at radius 2 is 2.11 bits per heavy atom. The third-order valence-corrected chi connectivity index (χ3v) is 3.07. The first-order valence-corrected chi connectivity index (χ1v) is 6.27. The first kappa shape index (κ1) is 14.7. The van der Waals surface area contributed by atoms with Crippen molar-refractivity contribution in [3.63, 3.8) is 0 Å². The second-order valence-electron chi connectivity index (χ2n) is 3.62. The van der Waals surface area contributed by atoms with E-state index >= 15 is 0 Å². The molecule has 98 valence electrons. The maximum atomic E-state index is 11.5. The van der Waals surface area contributed by atoms with Crippen LogP contribution in [0.1, 0.15) is 17.2 Å². The van der Waals surface area contributed by atoms with Gasteiger partial charge in [-0.25, -0.2) is 4.79 Å². The van der Waals surface area contributed by atoms with E-state index in [0.717, 1.165) is 0 Å². The summed E-state index contributed by atoms with van der Waals surface area (Å²) in [5.74, 6) is -1.10. The molecule has 1 unspecified atom stereocenters. The Kier molecular flexibility index (Phi) is 5.30. The van der Waals surface area contributed by atoms with Crippen molar-refractivity contribution < 1.29 is 24.5 Å². The van der Waals surface area contributed by atoms with Crippen molar-refractivity contribution in [2.45, 2.75) is 12.5 Å². The van der Waals surface area contributed by atoms with Crippen LogP contribution in [0.3, 0.4) is 0 Å². The highest BCUT2D eigenvalue weighted by Gasteiger charge is 2.22. The Morgan fingerprint density at radius 1 is 1.44 bits per heavy atom. The lowest BCUT2D eigenvalue weighted by Gasteiger charge is -2.15. The molecule has 2 N–H and O–H groups in total. The van der Waals surface area contributed by atoms with Crippen LogP contribution < -0.4 is 4.74 Å². The number of aliphatic hydroxyl groups excluding tert-OH is 1. The highest BCUT2D eigenvalue weighted by atomic mass is 79.9. The lowest BCUT2D eigenvalue weighted by molar-refractivity contribution is -0.147. The summed E-state index contributed by atoms with van der Waals surface area (Å²) in [6, 6.07) is 4.66. The zero-order valence-electron chi connectivity index (χ0n) is 9.72. The number of methoxy groups -OCH3 is 1. The zero-order valence-corrected chi connectivity index (χ0v) is 11.3. The third kappa shape index (κ3) is 3.30. The standard InChI is InChI=1S/C12H13BrO5/c1-18-10-4-2-3-8(11(15)12(16)17)9(10)5-7(14)6-13/h2-4,11,15H,5-6H2,1H3,(H,16,17). The van der Waals surface area contributed by atoms with Crippen molar-refractivity contribution in [2.75, 3.05) is 12.4 Å². The fourth-order valence-corrected chi connectivity index (χ4v) is 1.79. The first-order valence-electron chi connectivity index (χ1n) is 5.15. The van der Waals surface area contributed by atoms with Crippen molar-refractivity contribution in [1.82, 2.24) is 0 Å². The molecule has 0 heterocycles. The van der Waals surface area contributed by atoms with E-state index in [1.54, 1.807) is 12.1 Å². The largest absolute Gasteiger partial charge is 0.496 e. The van der Waals surface area contributed by atoms with Gasteiger partial charge in [0.15, 0.2) is 6.10 Å². The van der Waals surface area contributed by atoms with Crippen LogP contribution in [0.25, 0.3) is 0 Å². The average molecular weight is 317 g/mol. The van der Waals surface area contributed by atoms with E-state index in [2.05, 4.69) is 15.9 Å². The SMILES string of the molecule is COc1cccc(C(O)C(=O)O)c1CC(=O)CBr. The van der Waals surface area contributed by atoms with Gasteiger partial charge >= 0.3 is 5.97 Å². The molecule has 0 aliphatic heterocycles. The second kappa shape index (κ2) is 6.51. The number of ketones is 1. The third-order valence-electron chi connectivity index (χ3n) is 2.44. The number of rotatable bonds is 6. The summed E-state index contributed by atoms with van der Waals surface area (Å²) in [5.41, 5.74) is 0.579. The number of halogens is 1. The number of carbonyl (C=O) groups excluding carboxylic acids is 1. The maximum absolute atomic E-state index is 11.5. The molecule has 0 spiro atoms. The predicted molar refractivity (Wildman–Crippen MR) is 68.1 cm³/mol. The van der Waals surface area contributed by atoms with Crippen molar-refractivity contribution in [3.8, 4) is 5.75 Å². The van der Waals surface area contributed by atoms with E-state index in [4.69, 9.17) is 9.84 Å². The summed E-state index contributed by atoms with van der Waals surface area (Å²) in [6.07, 6.45) is -1.66. The number of hydrogen-bond donors (Lipinski definition) is 2. The molecule has 0 fully saturated rings. The quantitative estimate of drug-likeness (QED) is 0.773. The summed E-state index contributed by atoms with van der Waals surface area (Å²) in [7, 11) is 1.42. The van der Waals surface area contributed by atoms with Gasteiger partial charge in [0.2, 0.25) is 0 Å². The smallest absolute Gasteiger partial charge is 0.337 e. The molecule has 1 aromatic carbocycles. The highest BCUT2D eigenvalue weighted by molar-refractivity contribution is 9.09. The van der Waals surface area contributed by atoms with E-state index in [-0.39, 0.29) is 23.1 Å². The Morgan fingerprint density at radius 3 is 2.61 bits per heavy atom. The predicted octanol–water partition coefficient (Wildman–Crippen LogP) is 1.32. The van der Waals surface area contributed by atoms with Crippen LogP contribution >= 0.6 is 15.9 Å². The summed E-state index contributed by atoms with van der Waals surface area (Å²) in [5, 5.41) is 18.6. The molecule has 18 heavy (non-hydrogen) atoms. The minimum absolute atomic E-state index is 0.00887. The minimum atomic E-state index is -1.67. The number of aliphatic hydroxyl groups is 1. The number of carbonyl (C=O) groups is 2. The Bertz CT molecular complexity index is 458. The topological polar surface area (TPSA) is 83.8 Å². The van der Waals surface area contributed by atoms with Crippen molar-refractivity contribution >= 4 is 27.7 Å². The fourth-order valence-electron chi connectivity index (χ4n) is 1.60. The van der Waals surface area contributed by atoms with Gasteiger partial charge in [-0.05, 0) is 11.6 Å². The van der Waals surface area contributed by atoms with Crippen LogP contribution in [-0.4, -0.2) is 34.4 Å². The number of benzene rings is 1. The Hall–Kier alpha value is -1.40. The summed E-state index contributed by atoms with van der Waals surface area (Å²) in [6.45, 7) is 0. The van der Waals surface area contributed by atoms with Crippen LogP contribution in [-0.2, 0) is 16.0 Å². The van der Waals surface area contributed by atoms with E-state index in [1.165, 1.54) is 13.2 Å². The van der Waals surface area contributed by atoms with Crippen molar-refractivity contribution in [2.24, 2.45) is 0 Å². The summed E-state index contributed by atoms with van der Waals surface area (Å²) < 4.78 is 5.09. The minimum Gasteiger partial charge on any atom is -0.496 e. The Labute approximate surface area is 113 Å². The summed E-state index contributed by atoms with van der Waals surface area (Å²) >= 11 is 3.04. The first-order chi connectivity index (χ1) is 8.51. The van der Waals surface area contributed by atoms with Crippen molar-refractivity contribution in [1.29, 1.82) is 0 Å². The molecule has 0 aliphatic carbocycles. The second-order valence-corrected chi connectivity index (χ2v) is 4.18. The molecule has 0 saturated carbocycles. The molecule has 0 bridgehead atoms. The molecular formula is C12H13BrO5. The lowest BCUT2D eigenvalue weighted by atomic mass is 9.97. The molecule has 1 atom stereocenters. The van der Waals surface area contributed by atoms with Gasteiger partial charge in [-0.1, -0.05) is 28.1 Å².